The molecule has 2 aromatic rings. The van der Waals surface area contributed by atoms with Gasteiger partial charge in [0.1, 0.15) is 12.2 Å². The van der Waals surface area contributed by atoms with Crippen LogP contribution in [0, 0.1) is 0 Å². The highest BCUT2D eigenvalue weighted by Gasteiger charge is 2.37. The Labute approximate surface area is 168 Å². The van der Waals surface area contributed by atoms with Crippen LogP contribution in [0.15, 0.2) is 41.3 Å². The number of benzene rings is 2. The third-order valence-electron chi connectivity index (χ3n) is 5.25. The molecule has 4 atom stereocenters. The molecule has 1 saturated heterocycles. The normalized spacial score (nSPS) is 26.4. The van der Waals surface area contributed by atoms with Crippen molar-refractivity contribution in [3.63, 3.8) is 0 Å². The molecular formula is C21H24O6S. The molecule has 150 valence electrons. The summed E-state index contributed by atoms with van der Waals surface area (Å²) in [6.07, 6.45) is -0.335. The third-order valence-corrected chi connectivity index (χ3v) is 5.99. The van der Waals surface area contributed by atoms with Crippen molar-refractivity contribution in [2.45, 2.75) is 42.2 Å². The first-order valence-corrected chi connectivity index (χ1v) is 10.5. The molecule has 0 aliphatic carbocycles. The van der Waals surface area contributed by atoms with Crippen molar-refractivity contribution in [2.24, 2.45) is 0 Å². The minimum Gasteiger partial charge on any atom is -0.454 e. The van der Waals surface area contributed by atoms with Gasteiger partial charge in [0.25, 0.3) is 0 Å². The molecule has 4 rings (SSSR count). The lowest BCUT2D eigenvalue weighted by Gasteiger charge is -2.36. The van der Waals surface area contributed by atoms with Crippen LogP contribution in [0.4, 0.5) is 0 Å². The van der Waals surface area contributed by atoms with Gasteiger partial charge in [0, 0.05) is 23.3 Å². The van der Waals surface area contributed by atoms with Crippen molar-refractivity contribution in [1.82, 2.24) is 0 Å². The van der Waals surface area contributed by atoms with Crippen LogP contribution in [0.2, 0.25) is 0 Å². The minimum absolute atomic E-state index is 0.170. The van der Waals surface area contributed by atoms with Crippen LogP contribution in [0.25, 0.3) is 0 Å². The molecule has 0 spiro atoms. The van der Waals surface area contributed by atoms with Gasteiger partial charge in [-0.15, -0.1) is 11.8 Å². The van der Waals surface area contributed by atoms with Gasteiger partial charge in [0.05, 0.1) is 18.8 Å². The Kier molecular flexibility index (Phi) is 5.80. The largest absolute Gasteiger partial charge is 0.454 e. The Balaban J connectivity index is 1.63. The summed E-state index contributed by atoms with van der Waals surface area (Å²) < 4.78 is 17.1. The first kappa shape index (κ1) is 19.5. The Hall–Kier alpha value is -1.77. The van der Waals surface area contributed by atoms with Crippen LogP contribution in [-0.4, -0.2) is 53.3 Å². The van der Waals surface area contributed by atoms with Gasteiger partial charge in [-0.05, 0) is 41.6 Å². The molecule has 0 saturated carbocycles. The van der Waals surface area contributed by atoms with Crippen LogP contribution < -0.4 is 9.47 Å². The van der Waals surface area contributed by atoms with Crippen LogP contribution in [-0.2, 0) is 11.2 Å². The predicted molar refractivity (Wildman–Crippen MR) is 105 cm³/mol. The van der Waals surface area contributed by atoms with Crippen molar-refractivity contribution in [2.75, 3.05) is 19.7 Å². The van der Waals surface area contributed by atoms with Crippen LogP contribution in [0.5, 0.6) is 11.5 Å². The van der Waals surface area contributed by atoms with Gasteiger partial charge >= 0.3 is 0 Å². The van der Waals surface area contributed by atoms with Gasteiger partial charge < -0.3 is 29.5 Å². The molecule has 3 N–H and O–H groups in total. The molecule has 2 aliphatic heterocycles. The second kappa shape index (κ2) is 8.31. The summed E-state index contributed by atoms with van der Waals surface area (Å²) in [6, 6.07) is 12.2. The quantitative estimate of drug-likeness (QED) is 0.659. The molecule has 6 nitrogen and oxygen atoms in total. The van der Waals surface area contributed by atoms with Crippen LogP contribution in [0.3, 0.4) is 0 Å². The van der Waals surface area contributed by atoms with E-state index in [0.717, 1.165) is 22.4 Å². The van der Waals surface area contributed by atoms with Crippen molar-refractivity contribution in [3.05, 3.63) is 53.1 Å². The first-order chi connectivity index (χ1) is 13.6. The Morgan fingerprint density at radius 2 is 1.89 bits per heavy atom. The fourth-order valence-electron chi connectivity index (χ4n) is 3.71. The second-order valence-electron chi connectivity index (χ2n) is 7.08. The number of aliphatic hydroxyl groups is 3. The molecule has 28 heavy (non-hydrogen) atoms. The summed E-state index contributed by atoms with van der Waals surface area (Å²) in [5.41, 5.74) is 2.97. The van der Waals surface area contributed by atoms with Gasteiger partial charge in [0.2, 0.25) is 6.79 Å². The number of fused-ring (bicyclic) bond motifs is 1. The van der Waals surface area contributed by atoms with E-state index in [4.69, 9.17) is 14.2 Å². The summed E-state index contributed by atoms with van der Waals surface area (Å²) in [5, 5.41) is 29.6. The summed E-state index contributed by atoms with van der Waals surface area (Å²) in [4.78, 5) is 1.21. The number of rotatable bonds is 5. The van der Waals surface area contributed by atoms with E-state index in [9.17, 15) is 15.3 Å². The summed E-state index contributed by atoms with van der Waals surface area (Å²) in [6.45, 7) is -0.183. The highest BCUT2D eigenvalue weighted by Crippen LogP contribution is 2.42. The molecule has 0 bridgehead atoms. The van der Waals surface area contributed by atoms with E-state index in [-0.39, 0.29) is 19.8 Å². The van der Waals surface area contributed by atoms with Crippen molar-refractivity contribution >= 4 is 11.8 Å². The maximum atomic E-state index is 10.2. The zero-order chi connectivity index (χ0) is 19.7. The number of hydrogen-bond donors (Lipinski definition) is 3. The molecule has 2 aliphatic rings. The van der Waals surface area contributed by atoms with Gasteiger partial charge in [-0.2, -0.15) is 0 Å². The number of thioether (sulfide) groups is 1. The molecule has 2 aromatic carbocycles. The average molecular weight is 404 g/mol. The smallest absolute Gasteiger partial charge is 0.231 e. The van der Waals surface area contributed by atoms with E-state index in [0.29, 0.717) is 12.2 Å². The van der Waals surface area contributed by atoms with Crippen LogP contribution in [0.1, 0.15) is 29.2 Å². The van der Waals surface area contributed by atoms with E-state index in [2.05, 4.69) is 24.3 Å². The number of ether oxygens (including phenoxy) is 3. The van der Waals surface area contributed by atoms with Crippen molar-refractivity contribution < 1.29 is 29.5 Å². The van der Waals surface area contributed by atoms with Crippen LogP contribution >= 0.6 is 11.8 Å². The molecule has 7 heteroatoms. The summed E-state index contributed by atoms with van der Waals surface area (Å²) in [5.74, 6) is 1.38. The van der Waals surface area contributed by atoms with E-state index in [1.807, 2.05) is 18.4 Å². The second-order valence-corrected chi connectivity index (χ2v) is 7.96. The lowest BCUT2D eigenvalue weighted by Crippen LogP contribution is -2.47. The number of aliphatic hydroxyl groups excluding tert-OH is 3. The first-order valence-electron chi connectivity index (χ1n) is 9.27. The highest BCUT2D eigenvalue weighted by molar-refractivity contribution is 7.98. The topological polar surface area (TPSA) is 88.4 Å². The average Bonchev–Trinajstić information content (AvgIpc) is 3.19. The molecule has 2 heterocycles. The van der Waals surface area contributed by atoms with Gasteiger partial charge in [-0.25, -0.2) is 0 Å². The molecule has 1 unspecified atom stereocenters. The monoisotopic (exact) mass is 404 g/mol. The predicted octanol–water partition coefficient (Wildman–Crippen LogP) is 2.27. The third kappa shape index (κ3) is 3.86. The summed E-state index contributed by atoms with van der Waals surface area (Å²) in [7, 11) is 0. The summed E-state index contributed by atoms with van der Waals surface area (Å²) >= 11 is 1.70. The minimum atomic E-state index is -1.09. The maximum Gasteiger partial charge on any atom is 0.231 e. The molecule has 0 aromatic heterocycles. The maximum absolute atomic E-state index is 10.2. The van der Waals surface area contributed by atoms with Gasteiger partial charge in [0.15, 0.2) is 11.5 Å². The fraction of sp³-hybridized carbons (Fsp3) is 0.429. The van der Waals surface area contributed by atoms with E-state index < -0.39 is 24.4 Å². The molecule has 1 fully saturated rings. The van der Waals surface area contributed by atoms with Crippen molar-refractivity contribution in [3.8, 4) is 11.5 Å². The lowest BCUT2D eigenvalue weighted by atomic mass is 9.92. The van der Waals surface area contributed by atoms with Gasteiger partial charge in [-0.3, -0.25) is 0 Å². The fourth-order valence-corrected chi connectivity index (χ4v) is 4.11. The van der Waals surface area contributed by atoms with Gasteiger partial charge in [-0.1, -0.05) is 12.1 Å². The number of hydrogen-bond acceptors (Lipinski definition) is 7. The molecule has 0 amide bonds. The van der Waals surface area contributed by atoms with E-state index in [1.54, 1.807) is 11.8 Å². The lowest BCUT2D eigenvalue weighted by molar-refractivity contribution is -0.181. The SMILES string of the molecule is CSc1ccc(Cc2cc([C@H]3C[C@@H](O)C(O)[C@@H](CO)O3)cc3c2OCO3)cc1. The zero-order valence-electron chi connectivity index (χ0n) is 15.6. The zero-order valence-corrected chi connectivity index (χ0v) is 16.4. The van der Waals surface area contributed by atoms with E-state index >= 15 is 0 Å². The Morgan fingerprint density at radius 1 is 1.11 bits per heavy atom. The standard InChI is InChI=1S/C21H24O6S/c1-28-15-4-2-12(3-5-15)6-14-7-13(8-18-21(14)26-11-25-18)17-9-16(23)20(24)19(10-22)27-17/h2-5,7-8,16-17,19-20,22-24H,6,9-11H2,1H3/t16-,17-,19-,20?/m1/s1. The Bertz CT molecular complexity index is 824. The highest BCUT2D eigenvalue weighted by atomic mass is 32.2. The Morgan fingerprint density at radius 3 is 2.61 bits per heavy atom. The van der Waals surface area contributed by atoms with Crippen molar-refractivity contribution in [1.29, 1.82) is 0 Å². The van der Waals surface area contributed by atoms with E-state index in [1.165, 1.54) is 4.90 Å². The molecular weight excluding hydrogens is 380 g/mol. The molecule has 0 radical (unpaired) electrons.